The van der Waals surface area contributed by atoms with Crippen LogP contribution in [-0.4, -0.2) is 29.8 Å². The minimum atomic E-state index is -1.15. The zero-order chi connectivity index (χ0) is 23.4. The summed E-state index contributed by atoms with van der Waals surface area (Å²) in [6, 6.07) is 18.3. The Morgan fingerprint density at radius 1 is 1.06 bits per heavy atom. The van der Waals surface area contributed by atoms with Crippen molar-refractivity contribution in [3.8, 4) is 16.9 Å². The molecule has 0 saturated heterocycles. The lowest BCUT2D eigenvalue weighted by molar-refractivity contribution is -0.139. The Morgan fingerprint density at radius 3 is 2.64 bits per heavy atom. The number of rotatable bonds is 8. The number of carboxylic acid groups (broad SMARTS) is 1. The molecule has 2 N–H and O–H groups in total. The molecule has 0 aliphatic heterocycles. The molecule has 0 bridgehead atoms. The smallest absolute Gasteiger partial charge is 0.408 e. The van der Waals surface area contributed by atoms with Crippen LogP contribution in [0.1, 0.15) is 28.7 Å². The summed E-state index contributed by atoms with van der Waals surface area (Å²) in [4.78, 5) is 23.8. The van der Waals surface area contributed by atoms with E-state index in [-0.39, 0.29) is 19.6 Å². The maximum absolute atomic E-state index is 12.2. The second-order valence-electron chi connectivity index (χ2n) is 7.98. The van der Waals surface area contributed by atoms with Crippen molar-refractivity contribution in [1.29, 1.82) is 0 Å². The second-order valence-corrected chi connectivity index (χ2v) is 8.42. The molecule has 7 heteroatoms. The highest BCUT2D eigenvalue weighted by Crippen LogP contribution is 2.36. The molecule has 170 valence electrons. The van der Waals surface area contributed by atoms with Crippen LogP contribution in [0, 0.1) is 6.92 Å². The van der Waals surface area contributed by atoms with Gasteiger partial charge in [0.2, 0.25) is 0 Å². The molecule has 1 atom stereocenters. The number of ether oxygens (including phenoxy) is 2. The third kappa shape index (κ3) is 5.46. The van der Waals surface area contributed by atoms with Crippen molar-refractivity contribution in [1.82, 2.24) is 5.32 Å². The summed E-state index contributed by atoms with van der Waals surface area (Å²) >= 11 is 5.93. The topological polar surface area (TPSA) is 84.9 Å². The molecule has 0 fully saturated rings. The fourth-order valence-electron chi connectivity index (χ4n) is 3.94. The van der Waals surface area contributed by atoms with E-state index in [1.165, 1.54) is 22.3 Å². The molecule has 0 spiro atoms. The zero-order valence-corrected chi connectivity index (χ0v) is 18.9. The molecular weight excluding hydrogens is 442 g/mol. The third-order valence-corrected chi connectivity index (χ3v) is 5.85. The van der Waals surface area contributed by atoms with Gasteiger partial charge in [-0.05, 0) is 64.9 Å². The van der Waals surface area contributed by atoms with Crippen molar-refractivity contribution in [2.75, 3.05) is 6.61 Å². The van der Waals surface area contributed by atoms with E-state index in [0.29, 0.717) is 10.8 Å². The van der Waals surface area contributed by atoms with Gasteiger partial charge in [-0.3, -0.25) is 0 Å². The molecule has 0 radical (unpaired) electrons. The molecule has 3 aromatic carbocycles. The quantitative estimate of drug-likeness (QED) is 0.365. The molecular formula is C26H24ClNO5. The highest BCUT2D eigenvalue weighted by molar-refractivity contribution is 6.30. The summed E-state index contributed by atoms with van der Waals surface area (Å²) in [6.07, 6.45) is 0.150. The predicted molar refractivity (Wildman–Crippen MR) is 126 cm³/mol. The highest BCUT2D eigenvalue weighted by Gasteiger charge is 2.22. The Hall–Kier alpha value is -3.51. The van der Waals surface area contributed by atoms with Crippen molar-refractivity contribution >= 4 is 23.7 Å². The lowest BCUT2D eigenvalue weighted by Gasteiger charge is -2.16. The summed E-state index contributed by atoms with van der Waals surface area (Å²) in [5.41, 5.74) is 6.60. The Labute approximate surface area is 197 Å². The van der Waals surface area contributed by atoms with Crippen LogP contribution in [0.15, 0.2) is 60.7 Å². The van der Waals surface area contributed by atoms with Crippen molar-refractivity contribution in [2.45, 2.75) is 32.4 Å². The van der Waals surface area contributed by atoms with Gasteiger partial charge < -0.3 is 19.9 Å². The largest absolute Gasteiger partial charge is 0.493 e. The predicted octanol–water partition coefficient (Wildman–Crippen LogP) is 5.37. The van der Waals surface area contributed by atoms with Gasteiger partial charge in [-0.2, -0.15) is 0 Å². The monoisotopic (exact) mass is 465 g/mol. The molecule has 1 aliphatic rings. The number of aryl methyl sites for hydroxylation is 1. The number of aliphatic carboxylic acids is 1. The van der Waals surface area contributed by atoms with Crippen molar-refractivity contribution < 1.29 is 24.2 Å². The lowest BCUT2D eigenvalue weighted by atomic mass is 10.0. The Morgan fingerprint density at radius 2 is 1.85 bits per heavy atom. The Bertz CT molecular complexity index is 1190. The minimum absolute atomic E-state index is 0.0578. The van der Waals surface area contributed by atoms with Gasteiger partial charge in [-0.25, -0.2) is 9.59 Å². The molecule has 6 nitrogen and oxygen atoms in total. The average molecular weight is 466 g/mol. The Kier molecular flexibility index (Phi) is 6.84. The van der Waals surface area contributed by atoms with Crippen molar-refractivity contribution in [3.05, 3.63) is 87.9 Å². The molecule has 0 saturated carbocycles. The first kappa shape index (κ1) is 22.7. The number of hydrogen-bond acceptors (Lipinski definition) is 4. The molecule has 33 heavy (non-hydrogen) atoms. The van der Waals surface area contributed by atoms with Gasteiger partial charge in [0.25, 0.3) is 0 Å². The van der Waals surface area contributed by atoms with E-state index in [4.69, 9.17) is 21.1 Å². The van der Waals surface area contributed by atoms with Crippen molar-refractivity contribution in [2.24, 2.45) is 0 Å². The third-order valence-electron chi connectivity index (χ3n) is 5.62. The number of carbonyl (C=O) groups is 2. The van der Waals surface area contributed by atoms with Crippen LogP contribution in [-0.2, 0) is 22.6 Å². The number of nitrogens with one attached hydrogen (secondary N) is 1. The van der Waals surface area contributed by atoms with Crippen LogP contribution >= 0.6 is 11.6 Å². The van der Waals surface area contributed by atoms with E-state index in [9.17, 15) is 14.7 Å². The molecule has 0 aromatic heterocycles. The first-order valence-corrected chi connectivity index (χ1v) is 11.0. The number of benzene rings is 3. The van der Waals surface area contributed by atoms with Crippen LogP contribution in [0.4, 0.5) is 4.79 Å². The van der Waals surface area contributed by atoms with Gasteiger partial charge in [0.15, 0.2) is 0 Å². The number of carboxylic acids is 1. The zero-order valence-electron chi connectivity index (χ0n) is 18.1. The number of carbonyl (C=O) groups excluding carboxylic acids is 1. The van der Waals surface area contributed by atoms with Gasteiger partial charge in [0.1, 0.15) is 18.4 Å². The summed E-state index contributed by atoms with van der Waals surface area (Å²) in [6.45, 7) is 2.02. The maximum Gasteiger partial charge on any atom is 0.408 e. The SMILES string of the molecule is Cc1cc(Cl)ccc1OCC[C@H](NC(=O)OCc1ccc2c(c1)Cc1ccccc1-2)C(=O)O. The number of hydrogen-bond donors (Lipinski definition) is 2. The highest BCUT2D eigenvalue weighted by atomic mass is 35.5. The first-order valence-electron chi connectivity index (χ1n) is 10.7. The summed E-state index contributed by atoms with van der Waals surface area (Å²) in [5, 5.41) is 12.4. The van der Waals surface area contributed by atoms with Crippen LogP contribution in [0.2, 0.25) is 5.02 Å². The van der Waals surface area contributed by atoms with E-state index >= 15 is 0 Å². The van der Waals surface area contributed by atoms with Gasteiger partial charge in [-0.15, -0.1) is 0 Å². The van der Waals surface area contributed by atoms with Gasteiger partial charge in [0.05, 0.1) is 6.61 Å². The summed E-state index contributed by atoms with van der Waals surface area (Å²) < 4.78 is 10.9. The molecule has 0 unspecified atom stereocenters. The minimum Gasteiger partial charge on any atom is -0.493 e. The normalized spacial score (nSPS) is 12.4. The van der Waals surface area contributed by atoms with E-state index in [1.807, 2.05) is 37.3 Å². The van der Waals surface area contributed by atoms with E-state index < -0.39 is 18.1 Å². The van der Waals surface area contributed by atoms with Crippen LogP contribution in [0.25, 0.3) is 11.1 Å². The van der Waals surface area contributed by atoms with Crippen LogP contribution < -0.4 is 10.1 Å². The standard InChI is InChI=1S/C26H24ClNO5/c1-16-12-20(27)7-9-24(16)32-11-10-23(25(29)30)28-26(31)33-15-17-6-8-22-19(13-17)14-18-4-2-3-5-21(18)22/h2-9,12-13,23H,10-11,14-15H2,1H3,(H,28,31)(H,29,30)/t23-/m0/s1. The second kappa shape index (κ2) is 9.96. The number of amides is 1. The molecule has 4 rings (SSSR count). The number of fused-ring (bicyclic) bond motifs is 3. The number of alkyl carbamates (subject to hydrolysis) is 1. The lowest BCUT2D eigenvalue weighted by Crippen LogP contribution is -2.42. The molecule has 1 aliphatic carbocycles. The van der Waals surface area contributed by atoms with Crippen LogP contribution in [0.5, 0.6) is 5.75 Å². The van der Waals surface area contributed by atoms with Gasteiger partial charge in [-0.1, -0.05) is 54.1 Å². The molecule has 3 aromatic rings. The molecule has 0 heterocycles. The van der Waals surface area contributed by atoms with E-state index in [2.05, 4.69) is 17.4 Å². The fraction of sp³-hybridized carbons (Fsp3) is 0.231. The Balaban J connectivity index is 1.28. The van der Waals surface area contributed by atoms with Gasteiger partial charge in [0, 0.05) is 11.4 Å². The summed E-state index contributed by atoms with van der Waals surface area (Å²) in [7, 11) is 0. The van der Waals surface area contributed by atoms with Gasteiger partial charge >= 0.3 is 12.1 Å². The van der Waals surface area contributed by atoms with E-state index in [1.54, 1.807) is 18.2 Å². The first-order chi connectivity index (χ1) is 15.9. The number of halogens is 1. The van der Waals surface area contributed by atoms with E-state index in [0.717, 1.165) is 17.5 Å². The average Bonchev–Trinajstić information content (AvgIpc) is 3.16. The summed E-state index contributed by atoms with van der Waals surface area (Å²) in [5.74, 6) is -0.538. The maximum atomic E-state index is 12.2. The van der Waals surface area contributed by atoms with Crippen LogP contribution in [0.3, 0.4) is 0 Å². The van der Waals surface area contributed by atoms with Crippen molar-refractivity contribution in [3.63, 3.8) is 0 Å². The fourth-order valence-corrected chi connectivity index (χ4v) is 4.17. The molecule has 1 amide bonds.